The number of anilines is 1. The largest absolute Gasteiger partial charge is 0.376 e. The first-order valence-electron chi connectivity index (χ1n) is 9.67. The highest BCUT2D eigenvalue weighted by atomic mass is 16.5. The topological polar surface area (TPSA) is 67.0 Å². The molecule has 5 nitrogen and oxygen atoms in total. The van der Waals surface area contributed by atoms with Crippen molar-refractivity contribution in [3.8, 4) is 6.07 Å². The van der Waals surface area contributed by atoms with E-state index in [-0.39, 0.29) is 11.7 Å². The van der Waals surface area contributed by atoms with Gasteiger partial charge in [0.2, 0.25) is 0 Å². The van der Waals surface area contributed by atoms with Gasteiger partial charge in [-0.3, -0.25) is 4.79 Å². The minimum Gasteiger partial charge on any atom is -0.376 e. The Balaban J connectivity index is 1.81. The Kier molecular flexibility index (Phi) is 6.01. The van der Waals surface area contributed by atoms with Crippen LogP contribution in [0.25, 0.3) is 6.08 Å². The zero-order valence-corrected chi connectivity index (χ0v) is 17.0. The van der Waals surface area contributed by atoms with Crippen molar-refractivity contribution in [1.82, 2.24) is 4.57 Å². The number of carbonyl (C=O) groups excluding carboxylic acids is 1. The number of carbonyl (C=O) groups is 1. The lowest BCUT2D eigenvalue weighted by Gasteiger charge is -2.14. The average Bonchev–Trinajstić information content (AvgIpc) is 3.22. The van der Waals surface area contributed by atoms with Gasteiger partial charge in [-0.25, -0.2) is 0 Å². The number of nitriles is 1. The van der Waals surface area contributed by atoms with E-state index >= 15 is 0 Å². The lowest BCUT2D eigenvalue weighted by Crippen LogP contribution is -2.17. The smallest absolute Gasteiger partial charge is 0.266 e. The van der Waals surface area contributed by atoms with Crippen molar-refractivity contribution in [2.75, 3.05) is 11.9 Å². The van der Waals surface area contributed by atoms with Crippen molar-refractivity contribution in [3.63, 3.8) is 0 Å². The molecule has 0 spiro atoms. The van der Waals surface area contributed by atoms with Gasteiger partial charge < -0.3 is 14.6 Å². The number of amides is 1. The Bertz CT molecular complexity index is 937. The molecule has 146 valence electrons. The highest BCUT2D eigenvalue weighted by Gasteiger charge is 2.19. The molecule has 1 saturated heterocycles. The molecule has 5 heteroatoms. The molecule has 3 rings (SSSR count). The SMILES string of the molecule is Cc1cc(C)cc(NC(=O)/C(C#N)=C/c2cc(C)n(C[C@H]3CCCO3)c2C)c1. The van der Waals surface area contributed by atoms with Crippen molar-refractivity contribution < 1.29 is 9.53 Å². The van der Waals surface area contributed by atoms with E-state index in [4.69, 9.17) is 4.74 Å². The molecule has 0 radical (unpaired) electrons. The maximum Gasteiger partial charge on any atom is 0.266 e. The molecule has 0 saturated carbocycles. The van der Waals surface area contributed by atoms with Crippen molar-refractivity contribution in [3.05, 3.63) is 57.9 Å². The molecule has 2 aromatic rings. The highest BCUT2D eigenvalue weighted by molar-refractivity contribution is 6.09. The Morgan fingerprint density at radius 2 is 1.96 bits per heavy atom. The van der Waals surface area contributed by atoms with Gasteiger partial charge in [-0.15, -0.1) is 0 Å². The number of aromatic nitrogens is 1. The fourth-order valence-corrected chi connectivity index (χ4v) is 3.80. The van der Waals surface area contributed by atoms with Gasteiger partial charge in [0.25, 0.3) is 5.91 Å². The van der Waals surface area contributed by atoms with Gasteiger partial charge in [-0.05, 0) is 81.5 Å². The van der Waals surface area contributed by atoms with Crippen molar-refractivity contribution in [1.29, 1.82) is 5.26 Å². The molecule has 0 unspecified atom stereocenters. The summed E-state index contributed by atoms with van der Waals surface area (Å²) in [4.78, 5) is 12.6. The van der Waals surface area contributed by atoms with Crippen LogP contribution in [0.5, 0.6) is 0 Å². The molecule has 1 N–H and O–H groups in total. The molecule has 1 aromatic carbocycles. The van der Waals surface area contributed by atoms with Crippen molar-refractivity contribution >= 4 is 17.7 Å². The number of hydrogen-bond donors (Lipinski definition) is 1. The van der Waals surface area contributed by atoms with E-state index in [1.54, 1.807) is 6.08 Å². The predicted octanol–water partition coefficient (Wildman–Crippen LogP) is 4.45. The predicted molar refractivity (Wildman–Crippen MR) is 111 cm³/mol. The molecule has 2 heterocycles. The van der Waals surface area contributed by atoms with Gasteiger partial charge in [0.1, 0.15) is 11.6 Å². The van der Waals surface area contributed by atoms with Gasteiger partial charge in [0.15, 0.2) is 0 Å². The number of rotatable bonds is 5. The summed E-state index contributed by atoms with van der Waals surface area (Å²) in [7, 11) is 0. The second-order valence-corrected chi connectivity index (χ2v) is 7.57. The van der Waals surface area contributed by atoms with Crippen molar-refractivity contribution in [2.24, 2.45) is 0 Å². The Morgan fingerprint density at radius 3 is 2.57 bits per heavy atom. The van der Waals surface area contributed by atoms with Gasteiger partial charge in [-0.2, -0.15) is 5.26 Å². The Hall–Kier alpha value is -2.84. The van der Waals surface area contributed by atoms with E-state index < -0.39 is 5.91 Å². The van der Waals surface area contributed by atoms with Crippen molar-refractivity contribution in [2.45, 2.75) is 53.2 Å². The number of nitrogens with zero attached hydrogens (tertiary/aromatic N) is 2. The van der Waals surface area contributed by atoms with Crippen LogP contribution >= 0.6 is 0 Å². The maximum atomic E-state index is 12.6. The lowest BCUT2D eigenvalue weighted by molar-refractivity contribution is -0.112. The first kappa shape index (κ1) is 19.9. The number of benzene rings is 1. The normalized spacial score (nSPS) is 16.8. The summed E-state index contributed by atoms with van der Waals surface area (Å²) >= 11 is 0. The van der Waals surface area contributed by atoms with E-state index in [1.165, 1.54) is 0 Å². The summed E-state index contributed by atoms with van der Waals surface area (Å²) in [6, 6.07) is 9.90. The fraction of sp³-hybridized carbons (Fsp3) is 0.391. The first-order chi connectivity index (χ1) is 13.4. The van der Waals surface area contributed by atoms with Gasteiger partial charge in [-0.1, -0.05) is 6.07 Å². The molecule has 0 aliphatic carbocycles. The van der Waals surface area contributed by atoms with Crippen LogP contribution in [0.15, 0.2) is 29.8 Å². The van der Waals surface area contributed by atoms with E-state index in [2.05, 4.69) is 9.88 Å². The Labute approximate surface area is 166 Å². The number of aryl methyl sites for hydroxylation is 3. The zero-order chi connectivity index (χ0) is 20.3. The van der Waals surface area contributed by atoms with Crippen LogP contribution in [0.4, 0.5) is 5.69 Å². The van der Waals surface area contributed by atoms with Crippen LogP contribution < -0.4 is 5.32 Å². The van der Waals surface area contributed by atoms with Crippen LogP contribution in [0.2, 0.25) is 0 Å². The molecular weight excluding hydrogens is 350 g/mol. The molecule has 1 atom stereocenters. The average molecular weight is 377 g/mol. The molecule has 1 aromatic heterocycles. The molecule has 1 aliphatic heterocycles. The van der Waals surface area contributed by atoms with E-state index in [0.29, 0.717) is 5.69 Å². The summed E-state index contributed by atoms with van der Waals surface area (Å²) in [6.45, 7) is 9.65. The summed E-state index contributed by atoms with van der Waals surface area (Å²) in [5.41, 5.74) is 5.96. The Morgan fingerprint density at radius 1 is 1.25 bits per heavy atom. The number of nitrogens with one attached hydrogen (secondary N) is 1. The first-order valence-corrected chi connectivity index (χ1v) is 9.67. The molecule has 1 fully saturated rings. The minimum absolute atomic E-state index is 0.0940. The molecule has 0 bridgehead atoms. The quantitative estimate of drug-likeness (QED) is 0.618. The van der Waals surface area contributed by atoms with Gasteiger partial charge in [0, 0.05) is 30.2 Å². The second kappa shape index (κ2) is 8.45. The standard InChI is InChI=1S/C23H27N3O2/c1-15-8-16(2)10-21(9-15)25-23(27)20(13-24)12-19-11-17(3)26(18(19)4)14-22-6-5-7-28-22/h8-12,22H,5-7,14H2,1-4H3,(H,25,27)/b20-12+/t22-/m1/s1. The highest BCUT2D eigenvalue weighted by Crippen LogP contribution is 2.22. The fourth-order valence-electron chi connectivity index (χ4n) is 3.80. The maximum absolute atomic E-state index is 12.6. The molecule has 1 amide bonds. The van der Waals surface area contributed by atoms with Crippen LogP contribution in [0.3, 0.4) is 0 Å². The third kappa shape index (κ3) is 4.52. The second-order valence-electron chi connectivity index (χ2n) is 7.57. The number of ether oxygens (including phenoxy) is 1. The number of hydrogen-bond acceptors (Lipinski definition) is 3. The van der Waals surface area contributed by atoms with E-state index in [9.17, 15) is 10.1 Å². The molecule has 1 aliphatic rings. The summed E-state index contributed by atoms with van der Waals surface area (Å²) in [5, 5.41) is 12.4. The minimum atomic E-state index is -0.392. The van der Waals surface area contributed by atoms with Gasteiger partial charge >= 0.3 is 0 Å². The lowest BCUT2D eigenvalue weighted by atomic mass is 10.1. The van der Waals surface area contributed by atoms with Crippen LogP contribution in [0.1, 0.15) is 40.9 Å². The summed E-state index contributed by atoms with van der Waals surface area (Å²) < 4.78 is 7.96. The molecular formula is C23H27N3O2. The van der Waals surface area contributed by atoms with Gasteiger partial charge in [0.05, 0.1) is 6.10 Å². The van der Waals surface area contributed by atoms with Crippen LogP contribution in [-0.4, -0.2) is 23.2 Å². The monoisotopic (exact) mass is 377 g/mol. The van der Waals surface area contributed by atoms with E-state index in [0.717, 1.165) is 54.1 Å². The van der Waals surface area contributed by atoms with Crippen LogP contribution in [0, 0.1) is 39.0 Å². The molecule has 28 heavy (non-hydrogen) atoms. The third-order valence-corrected chi connectivity index (χ3v) is 5.17. The van der Waals surface area contributed by atoms with E-state index in [1.807, 2.05) is 58.0 Å². The zero-order valence-electron chi connectivity index (χ0n) is 17.0. The summed E-state index contributed by atoms with van der Waals surface area (Å²) in [6.07, 6.45) is 4.09. The van der Waals surface area contributed by atoms with Crippen LogP contribution in [-0.2, 0) is 16.1 Å². The summed E-state index contributed by atoms with van der Waals surface area (Å²) in [5.74, 6) is -0.392. The third-order valence-electron chi connectivity index (χ3n) is 5.17.